The molecule has 1 N–H and O–H groups in total. The van der Waals surface area contributed by atoms with Gasteiger partial charge in [-0.05, 0) is 24.8 Å². The molecular formula is C14H17N3OS. The SMILES string of the molecule is CSc1cc(NCCCOc2ccccc2)ncn1. The molecule has 0 aliphatic rings. The van der Waals surface area contributed by atoms with E-state index < -0.39 is 0 Å². The summed E-state index contributed by atoms with van der Waals surface area (Å²) in [6.45, 7) is 1.52. The van der Waals surface area contributed by atoms with Gasteiger partial charge in [-0.15, -0.1) is 11.8 Å². The molecule has 0 unspecified atom stereocenters. The first-order valence-corrected chi connectivity index (χ1v) is 7.39. The van der Waals surface area contributed by atoms with Gasteiger partial charge in [-0.2, -0.15) is 0 Å². The Kier molecular flexibility index (Phi) is 5.49. The molecule has 0 aliphatic heterocycles. The Hall–Kier alpha value is -1.75. The zero-order valence-electron chi connectivity index (χ0n) is 10.9. The number of thioether (sulfide) groups is 1. The van der Waals surface area contributed by atoms with E-state index in [4.69, 9.17) is 4.74 Å². The van der Waals surface area contributed by atoms with E-state index in [2.05, 4.69) is 15.3 Å². The van der Waals surface area contributed by atoms with Gasteiger partial charge < -0.3 is 10.1 Å². The summed E-state index contributed by atoms with van der Waals surface area (Å²) in [4.78, 5) is 8.30. The molecule has 5 heteroatoms. The van der Waals surface area contributed by atoms with Crippen molar-refractivity contribution in [2.75, 3.05) is 24.7 Å². The average Bonchev–Trinajstić information content (AvgIpc) is 2.48. The van der Waals surface area contributed by atoms with E-state index in [1.807, 2.05) is 42.7 Å². The number of para-hydroxylation sites is 1. The van der Waals surface area contributed by atoms with Gasteiger partial charge in [0.2, 0.25) is 0 Å². The van der Waals surface area contributed by atoms with Crippen LogP contribution in [0.25, 0.3) is 0 Å². The molecule has 1 aromatic carbocycles. The van der Waals surface area contributed by atoms with Gasteiger partial charge in [0.05, 0.1) is 6.61 Å². The van der Waals surface area contributed by atoms with Crippen molar-refractivity contribution < 1.29 is 4.74 Å². The summed E-state index contributed by atoms with van der Waals surface area (Å²) < 4.78 is 5.61. The number of ether oxygens (including phenoxy) is 1. The zero-order valence-corrected chi connectivity index (χ0v) is 11.7. The maximum Gasteiger partial charge on any atom is 0.130 e. The van der Waals surface area contributed by atoms with Gasteiger partial charge in [0, 0.05) is 12.6 Å². The topological polar surface area (TPSA) is 47.0 Å². The summed E-state index contributed by atoms with van der Waals surface area (Å²) in [6, 6.07) is 11.8. The Labute approximate surface area is 117 Å². The van der Waals surface area contributed by atoms with Crippen LogP contribution in [0.5, 0.6) is 5.75 Å². The molecule has 2 aromatic rings. The summed E-state index contributed by atoms with van der Waals surface area (Å²) in [7, 11) is 0. The minimum absolute atomic E-state index is 0.692. The molecule has 100 valence electrons. The van der Waals surface area contributed by atoms with Crippen LogP contribution in [0.4, 0.5) is 5.82 Å². The minimum Gasteiger partial charge on any atom is -0.494 e. The fourth-order valence-corrected chi connectivity index (χ4v) is 1.93. The molecule has 0 radical (unpaired) electrons. The zero-order chi connectivity index (χ0) is 13.3. The molecule has 2 rings (SSSR count). The molecule has 1 heterocycles. The van der Waals surface area contributed by atoms with E-state index in [1.165, 1.54) is 0 Å². The van der Waals surface area contributed by atoms with Crippen molar-refractivity contribution in [2.45, 2.75) is 11.4 Å². The summed E-state index contributed by atoms with van der Waals surface area (Å²) in [5, 5.41) is 4.23. The van der Waals surface area contributed by atoms with Crippen LogP contribution >= 0.6 is 11.8 Å². The van der Waals surface area contributed by atoms with Crippen molar-refractivity contribution in [2.24, 2.45) is 0 Å². The van der Waals surface area contributed by atoms with Gasteiger partial charge in [-0.3, -0.25) is 0 Å². The van der Waals surface area contributed by atoms with Crippen molar-refractivity contribution in [1.82, 2.24) is 9.97 Å². The molecule has 0 saturated carbocycles. The van der Waals surface area contributed by atoms with Gasteiger partial charge in [0.15, 0.2) is 0 Å². The normalized spacial score (nSPS) is 10.2. The van der Waals surface area contributed by atoms with E-state index in [9.17, 15) is 0 Å². The van der Waals surface area contributed by atoms with Gasteiger partial charge in [-0.25, -0.2) is 9.97 Å². The maximum atomic E-state index is 5.61. The highest BCUT2D eigenvalue weighted by atomic mass is 32.2. The Morgan fingerprint density at radius 2 is 2.05 bits per heavy atom. The number of hydrogen-bond acceptors (Lipinski definition) is 5. The Balaban J connectivity index is 1.66. The summed E-state index contributed by atoms with van der Waals surface area (Å²) in [6.07, 6.45) is 4.50. The van der Waals surface area contributed by atoms with Crippen LogP contribution < -0.4 is 10.1 Å². The molecule has 4 nitrogen and oxygen atoms in total. The van der Waals surface area contributed by atoms with E-state index in [1.54, 1.807) is 18.1 Å². The second-order valence-corrected chi connectivity index (χ2v) is 4.71. The largest absolute Gasteiger partial charge is 0.494 e. The smallest absolute Gasteiger partial charge is 0.130 e. The number of rotatable bonds is 7. The quantitative estimate of drug-likeness (QED) is 0.478. The van der Waals surface area contributed by atoms with Crippen LogP contribution in [-0.4, -0.2) is 29.4 Å². The number of aromatic nitrogens is 2. The first kappa shape index (κ1) is 13.7. The number of nitrogens with one attached hydrogen (secondary N) is 1. The molecule has 0 atom stereocenters. The fourth-order valence-electron chi connectivity index (χ4n) is 1.54. The lowest BCUT2D eigenvalue weighted by atomic mass is 10.3. The van der Waals surface area contributed by atoms with Crippen LogP contribution in [-0.2, 0) is 0 Å². The molecule has 0 bridgehead atoms. The predicted molar refractivity (Wildman–Crippen MR) is 78.9 cm³/mol. The van der Waals surface area contributed by atoms with Crippen molar-refractivity contribution in [1.29, 1.82) is 0 Å². The van der Waals surface area contributed by atoms with Gasteiger partial charge in [-0.1, -0.05) is 18.2 Å². The van der Waals surface area contributed by atoms with Crippen molar-refractivity contribution in [3.8, 4) is 5.75 Å². The number of nitrogens with zero attached hydrogens (tertiary/aromatic N) is 2. The Morgan fingerprint density at radius 3 is 2.84 bits per heavy atom. The summed E-state index contributed by atoms with van der Waals surface area (Å²) in [5.74, 6) is 1.77. The lowest BCUT2D eigenvalue weighted by molar-refractivity contribution is 0.315. The van der Waals surface area contributed by atoms with Gasteiger partial charge in [0.1, 0.15) is 22.9 Å². The second-order valence-electron chi connectivity index (χ2n) is 3.89. The third-order valence-corrected chi connectivity index (χ3v) is 3.13. The first-order chi connectivity index (χ1) is 9.38. The molecule has 0 saturated heterocycles. The number of hydrogen-bond donors (Lipinski definition) is 1. The highest BCUT2D eigenvalue weighted by molar-refractivity contribution is 7.98. The van der Waals surface area contributed by atoms with E-state index in [0.29, 0.717) is 6.61 Å². The maximum absolute atomic E-state index is 5.61. The van der Waals surface area contributed by atoms with Gasteiger partial charge in [0.25, 0.3) is 0 Å². The lowest BCUT2D eigenvalue weighted by Crippen LogP contribution is -2.08. The summed E-state index contributed by atoms with van der Waals surface area (Å²) >= 11 is 1.61. The average molecular weight is 275 g/mol. The fraction of sp³-hybridized carbons (Fsp3) is 0.286. The first-order valence-electron chi connectivity index (χ1n) is 6.16. The van der Waals surface area contributed by atoms with Crippen LogP contribution in [0, 0.1) is 0 Å². The third kappa shape index (κ3) is 4.79. The molecule has 0 amide bonds. The van der Waals surface area contributed by atoms with Crippen molar-refractivity contribution in [3.05, 3.63) is 42.7 Å². The van der Waals surface area contributed by atoms with Crippen LogP contribution in [0.2, 0.25) is 0 Å². The molecular weight excluding hydrogens is 258 g/mol. The summed E-state index contributed by atoms with van der Waals surface area (Å²) in [5.41, 5.74) is 0. The van der Waals surface area contributed by atoms with Crippen LogP contribution in [0.15, 0.2) is 47.8 Å². The molecule has 0 spiro atoms. The van der Waals surface area contributed by atoms with Crippen LogP contribution in [0.3, 0.4) is 0 Å². The van der Waals surface area contributed by atoms with E-state index in [-0.39, 0.29) is 0 Å². The van der Waals surface area contributed by atoms with Crippen molar-refractivity contribution in [3.63, 3.8) is 0 Å². The monoisotopic (exact) mass is 275 g/mol. The highest BCUT2D eigenvalue weighted by Crippen LogP contribution is 2.13. The minimum atomic E-state index is 0.692. The molecule has 1 aromatic heterocycles. The third-order valence-electron chi connectivity index (χ3n) is 2.49. The van der Waals surface area contributed by atoms with E-state index in [0.717, 1.165) is 29.6 Å². The van der Waals surface area contributed by atoms with Crippen LogP contribution in [0.1, 0.15) is 6.42 Å². The number of anilines is 1. The molecule has 0 fully saturated rings. The predicted octanol–water partition coefficient (Wildman–Crippen LogP) is 3.08. The number of benzene rings is 1. The van der Waals surface area contributed by atoms with E-state index >= 15 is 0 Å². The standard InChI is InChI=1S/C14H17N3OS/c1-19-14-10-13(16-11-17-14)15-8-5-9-18-12-6-3-2-4-7-12/h2-4,6-7,10-11H,5,8-9H2,1H3,(H,15,16,17). The molecule has 0 aliphatic carbocycles. The second kappa shape index (κ2) is 7.63. The lowest BCUT2D eigenvalue weighted by Gasteiger charge is -2.07. The Bertz CT molecular complexity index is 493. The van der Waals surface area contributed by atoms with Crippen molar-refractivity contribution >= 4 is 17.6 Å². The van der Waals surface area contributed by atoms with Gasteiger partial charge >= 0.3 is 0 Å². The molecule has 19 heavy (non-hydrogen) atoms. The highest BCUT2D eigenvalue weighted by Gasteiger charge is 1.97. The Morgan fingerprint density at radius 1 is 1.21 bits per heavy atom.